The molecule has 2 rings (SSSR count). The Morgan fingerprint density at radius 2 is 1.79 bits per heavy atom. The number of benzene rings is 2. The SMILES string of the molecule is Cc1ccc(C(C)C)c(O[C@H](C)C(=O)Nc2ccc(Br)c(C)c2)c1. The molecule has 0 saturated carbocycles. The highest BCUT2D eigenvalue weighted by molar-refractivity contribution is 9.10. The van der Waals surface area contributed by atoms with Crippen LogP contribution >= 0.6 is 15.9 Å². The molecule has 0 aliphatic rings. The number of nitrogens with one attached hydrogen (secondary N) is 1. The first-order chi connectivity index (χ1) is 11.3. The van der Waals surface area contributed by atoms with Crippen molar-refractivity contribution in [2.24, 2.45) is 0 Å². The number of halogens is 1. The van der Waals surface area contributed by atoms with Gasteiger partial charge in [-0.25, -0.2) is 0 Å². The lowest BCUT2D eigenvalue weighted by Crippen LogP contribution is -2.30. The van der Waals surface area contributed by atoms with E-state index < -0.39 is 6.10 Å². The Labute approximate surface area is 152 Å². The lowest BCUT2D eigenvalue weighted by atomic mass is 10.0. The van der Waals surface area contributed by atoms with Crippen molar-refractivity contribution in [2.45, 2.75) is 46.6 Å². The molecular formula is C20H24BrNO2. The Morgan fingerprint density at radius 1 is 1.08 bits per heavy atom. The van der Waals surface area contributed by atoms with Gasteiger partial charge in [-0.1, -0.05) is 41.9 Å². The van der Waals surface area contributed by atoms with E-state index >= 15 is 0 Å². The average Bonchev–Trinajstić information content (AvgIpc) is 2.50. The molecule has 2 aromatic carbocycles. The van der Waals surface area contributed by atoms with Gasteiger partial charge in [0.15, 0.2) is 6.10 Å². The number of carbonyl (C=O) groups excluding carboxylic acids is 1. The van der Waals surface area contributed by atoms with Crippen molar-refractivity contribution in [1.82, 2.24) is 0 Å². The predicted octanol–water partition coefficient (Wildman–Crippen LogP) is 5.60. The van der Waals surface area contributed by atoms with Crippen LogP contribution in [0.5, 0.6) is 5.75 Å². The maximum atomic E-state index is 12.4. The number of amides is 1. The molecule has 0 aromatic heterocycles. The van der Waals surface area contributed by atoms with Gasteiger partial charge in [-0.05, 0) is 67.6 Å². The largest absolute Gasteiger partial charge is 0.481 e. The fourth-order valence-electron chi connectivity index (χ4n) is 2.43. The van der Waals surface area contributed by atoms with E-state index in [1.807, 2.05) is 38.1 Å². The molecule has 0 aliphatic carbocycles. The first-order valence-electron chi connectivity index (χ1n) is 8.12. The van der Waals surface area contributed by atoms with E-state index in [0.717, 1.165) is 32.6 Å². The molecule has 0 radical (unpaired) electrons. The smallest absolute Gasteiger partial charge is 0.265 e. The van der Waals surface area contributed by atoms with Gasteiger partial charge in [-0.15, -0.1) is 0 Å². The molecule has 1 amide bonds. The summed E-state index contributed by atoms with van der Waals surface area (Å²) in [6.07, 6.45) is -0.576. The number of hydrogen-bond donors (Lipinski definition) is 1. The van der Waals surface area contributed by atoms with E-state index in [1.54, 1.807) is 6.92 Å². The number of aryl methyl sites for hydroxylation is 2. The van der Waals surface area contributed by atoms with Crippen LogP contribution in [0.15, 0.2) is 40.9 Å². The molecule has 0 fully saturated rings. The molecule has 0 spiro atoms. The van der Waals surface area contributed by atoms with E-state index in [0.29, 0.717) is 5.92 Å². The lowest BCUT2D eigenvalue weighted by Gasteiger charge is -2.19. The van der Waals surface area contributed by atoms with Crippen LogP contribution in [0, 0.1) is 13.8 Å². The van der Waals surface area contributed by atoms with Gasteiger partial charge in [-0.3, -0.25) is 4.79 Å². The summed E-state index contributed by atoms with van der Waals surface area (Å²) in [6, 6.07) is 11.8. The molecule has 0 aliphatic heterocycles. The van der Waals surface area contributed by atoms with Crippen LogP contribution < -0.4 is 10.1 Å². The molecule has 128 valence electrons. The third-order valence-electron chi connectivity index (χ3n) is 3.89. The van der Waals surface area contributed by atoms with E-state index in [9.17, 15) is 4.79 Å². The van der Waals surface area contributed by atoms with Crippen LogP contribution in [0.1, 0.15) is 43.4 Å². The normalized spacial score (nSPS) is 12.1. The second-order valence-corrected chi connectivity index (χ2v) is 7.26. The van der Waals surface area contributed by atoms with Crippen LogP contribution in [0.2, 0.25) is 0 Å². The van der Waals surface area contributed by atoms with Gasteiger partial charge in [0, 0.05) is 10.2 Å². The first kappa shape index (κ1) is 18.5. The van der Waals surface area contributed by atoms with E-state index in [4.69, 9.17) is 4.74 Å². The summed E-state index contributed by atoms with van der Waals surface area (Å²) in [6.45, 7) is 10.0. The van der Waals surface area contributed by atoms with Crippen LogP contribution in [0.3, 0.4) is 0 Å². The molecular weight excluding hydrogens is 366 g/mol. The fourth-order valence-corrected chi connectivity index (χ4v) is 2.68. The van der Waals surface area contributed by atoms with Crippen molar-refractivity contribution in [1.29, 1.82) is 0 Å². The standard InChI is InChI=1S/C20H24BrNO2/c1-12(2)17-8-6-13(3)10-19(17)24-15(5)20(23)22-16-7-9-18(21)14(4)11-16/h6-12,15H,1-5H3,(H,22,23)/t15-/m1/s1. The summed E-state index contributed by atoms with van der Waals surface area (Å²) in [5, 5.41) is 2.91. The summed E-state index contributed by atoms with van der Waals surface area (Å²) < 4.78 is 6.97. The molecule has 3 nitrogen and oxygen atoms in total. The number of carbonyl (C=O) groups is 1. The number of hydrogen-bond acceptors (Lipinski definition) is 2. The monoisotopic (exact) mass is 389 g/mol. The van der Waals surface area contributed by atoms with Crippen LogP contribution in [0.25, 0.3) is 0 Å². The minimum Gasteiger partial charge on any atom is -0.481 e. The molecule has 4 heteroatoms. The maximum Gasteiger partial charge on any atom is 0.265 e. The summed E-state index contributed by atoms with van der Waals surface area (Å²) in [7, 11) is 0. The van der Waals surface area contributed by atoms with E-state index in [-0.39, 0.29) is 5.91 Å². The molecule has 0 bridgehead atoms. The minimum atomic E-state index is -0.576. The van der Waals surface area contributed by atoms with Gasteiger partial charge in [0.25, 0.3) is 5.91 Å². The Morgan fingerprint density at radius 3 is 2.42 bits per heavy atom. The second kappa shape index (κ2) is 7.84. The highest BCUT2D eigenvalue weighted by atomic mass is 79.9. The zero-order valence-corrected chi connectivity index (χ0v) is 16.4. The van der Waals surface area contributed by atoms with Crippen LogP contribution in [0.4, 0.5) is 5.69 Å². The zero-order chi connectivity index (χ0) is 17.9. The molecule has 0 heterocycles. The van der Waals surface area contributed by atoms with E-state index in [2.05, 4.69) is 47.2 Å². The molecule has 0 unspecified atom stereocenters. The highest BCUT2D eigenvalue weighted by Gasteiger charge is 2.18. The van der Waals surface area contributed by atoms with Crippen LogP contribution in [-0.2, 0) is 4.79 Å². The van der Waals surface area contributed by atoms with Crippen molar-refractivity contribution in [3.05, 3.63) is 57.6 Å². The van der Waals surface area contributed by atoms with Crippen molar-refractivity contribution >= 4 is 27.5 Å². The van der Waals surface area contributed by atoms with Crippen molar-refractivity contribution in [3.63, 3.8) is 0 Å². The van der Waals surface area contributed by atoms with Gasteiger partial charge < -0.3 is 10.1 Å². The van der Waals surface area contributed by atoms with Crippen LogP contribution in [-0.4, -0.2) is 12.0 Å². The molecule has 0 saturated heterocycles. The minimum absolute atomic E-state index is 0.159. The zero-order valence-electron chi connectivity index (χ0n) is 14.8. The van der Waals surface area contributed by atoms with Crippen molar-refractivity contribution in [3.8, 4) is 5.75 Å². The predicted molar refractivity (Wildman–Crippen MR) is 103 cm³/mol. The van der Waals surface area contributed by atoms with Gasteiger partial charge in [0.1, 0.15) is 5.75 Å². The van der Waals surface area contributed by atoms with Gasteiger partial charge in [0.2, 0.25) is 0 Å². The Bertz CT molecular complexity index is 740. The lowest BCUT2D eigenvalue weighted by molar-refractivity contribution is -0.122. The summed E-state index contributed by atoms with van der Waals surface area (Å²) >= 11 is 3.46. The third-order valence-corrected chi connectivity index (χ3v) is 4.78. The fraction of sp³-hybridized carbons (Fsp3) is 0.350. The average molecular weight is 390 g/mol. The maximum absolute atomic E-state index is 12.4. The molecule has 2 aromatic rings. The molecule has 1 atom stereocenters. The first-order valence-corrected chi connectivity index (χ1v) is 8.91. The van der Waals surface area contributed by atoms with Crippen molar-refractivity contribution < 1.29 is 9.53 Å². The second-order valence-electron chi connectivity index (χ2n) is 6.41. The number of anilines is 1. The summed E-state index contributed by atoms with van der Waals surface area (Å²) in [4.78, 5) is 12.4. The quantitative estimate of drug-likeness (QED) is 0.722. The topological polar surface area (TPSA) is 38.3 Å². The molecule has 1 N–H and O–H groups in total. The van der Waals surface area contributed by atoms with Gasteiger partial charge in [0.05, 0.1) is 0 Å². The number of ether oxygens (including phenoxy) is 1. The summed E-state index contributed by atoms with van der Waals surface area (Å²) in [5.74, 6) is 0.956. The Hall–Kier alpha value is -1.81. The van der Waals surface area contributed by atoms with E-state index in [1.165, 1.54) is 0 Å². The number of rotatable bonds is 5. The Kier molecular flexibility index (Phi) is 6.05. The third kappa shape index (κ3) is 4.60. The Balaban J connectivity index is 2.11. The molecule has 24 heavy (non-hydrogen) atoms. The summed E-state index contributed by atoms with van der Waals surface area (Å²) in [5.41, 5.74) is 4.07. The van der Waals surface area contributed by atoms with Gasteiger partial charge >= 0.3 is 0 Å². The van der Waals surface area contributed by atoms with Crippen molar-refractivity contribution in [2.75, 3.05) is 5.32 Å². The van der Waals surface area contributed by atoms with Gasteiger partial charge in [-0.2, -0.15) is 0 Å². The highest BCUT2D eigenvalue weighted by Crippen LogP contribution is 2.28.